The van der Waals surface area contributed by atoms with Gasteiger partial charge >= 0.3 is 0 Å². The largest absolute Gasteiger partial charge is 0.398 e. The number of aryl methyl sites for hydroxylation is 1. The van der Waals surface area contributed by atoms with Crippen LogP contribution in [0, 0.1) is 6.92 Å². The van der Waals surface area contributed by atoms with Crippen LogP contribution in [-0.2, 0) is 14.8 Å². The van der Waals surface area contributed by atoms with Crippen molar-refractivity contribution in [2.24, 2.45) is 0 Å². The number of nitrogens with two attached hydrogens (primary N) is 1. The molecule has 0 unspecified atom stereocenters. The Labute approximate surface area is 120 Å². The lowest BCUT2D eigenvalue weighted by atomic mass is 10.2. The van der Waals surface area contributed by atoms with E-state index in [1.807, 2.05) is 6.92 Å². The molecule has 0 amide bonds. The Hall–Kier alpha value is -1.15. The fourth-order valence-corrected chi connectivity index (χ4v) is 3.29. The van der Waals surface area contributed by atoms with E-state index in [1.54, 1.807) is 18.2 Å². The van der Waals surface area contributed by atoms with Gasteiger partial charge in [-0.1, -0.05) is 6.07 Å². The van der Waals surface area contributed by atoms with E-state index in [9.17, 15) is 8.42 Å². The van der Waals surface area contributed by atoms with Crippen molar-refractivity contribution in [3.63, 3.8) is 0 Å². The predicted octanol–water partition coefficient (Wildman–Crippen LogP) is 0.188. The Bertz CT molecular complexity index is 554. The first-order valence-electron chi connectivity index (χ1n) is 6.65. The molecule has 7 heteroatoms. The third kappa shape index (κ3) is 3.92. The molecule has 20 heavy (non-hydrogen) atoms. The van der Waals surface area contributed by atoms with Gasteiger partial charge in [-0.3, -0.25) is 4.90 Å². The van der Waals surface area contributed by atoms with E-state index in [4.69, 9.17) is 10.5 Å². The standard InChI is InChI=1S/C13H21N3O3S/c1-11-2-3-13(12(14)10-11)20(17,18)15-4-5-16-6-8-19-9-7-16/h2-3,10,15H,4-9,14H2,1H3. The van der Waals surface area contributed by atoms with Gasteiger partial charge in [0.2, 0.25) is 10.0 Å². The number of nitrogens with zero attached hydrogens (tertiary/aromatic N) is 1. The summed E-state index contributed by atoms with van der Waals surface area (Å²) in [7, 11) is -3.54. The molecule has 1 fully saturated rings. The smallest absolute Gasteiger partial charge is 0.242 e. The number of rotatable bonds is 5. The van der Waals surface area contributed by atoms with Gasteiger partial charge < -0.3 is 10.5 Å². The highest BCUT2D eigenvalue weighted by Crippen LogP contribution is 2.18. The number of sulfonamides is 1. The molecule has 0 bridgehead atoms. The van der Waals surface area contributed by atoms with Crippen molar-refractivity contribution in [1.82, 2.24) is 9.62 Å². The van der Waals surface area contributed by atoms with Crippen LogP contribution in [0.4, 0.5) is 5.69 Å². The number of nitrogen functional groups attached to an aromatic ring is 1. The third-order valence-electron chi connectivity index (χ3n) is 3.28. The number of morpholine rings is 1. The number of nitrogens with one attached hydrogen (secondary N) is 1. The molecule has 0 aliphatic carbocycles. The van der Waals surface area contributed by atoms with E-state index >= 15 is 0 Å². The van der Waals surface area contributed by atoms with Crippen LogP contribution in [0.1, 0.15) is 5.56 Å². The van der Waals surface area contributed by atoms with Gasteiger partial charge in [-0.25, -0.2) is 13.1 Å². The number of hydrogen-bond acceptors (Lipinski definition) is 5. The summed E-state index contributed by atoms with van der Waals surface area (Å²) in [5.41, 5.74) is 7.00. The molecule has 0 atom stereocenters. The fraction of sp³-hybridized carbons (Fsp3) is 0.538. The van der Waals surface area contributed by atoms with Gasteiger partial charge in [-0.05, 0) is 24.6 Å². The van der Waals surface area contributed by atoms with Crippen molar-refractivity contribution in [3.05, 3.63) is 23.8 Å². The maximum Gasteiger partial charge on any atom is 0.242 e. The molecule has 112 valence electrons. The summed E-state index contributed by atoms with van der Waals surface area (Å²) >= 11 is 0. The highest BCUT2D eigenvalue weighted by molar-refractivity contribution is 7.89. The Morgan fingerprint density at radius 3 is 2.70 bits per heavy atom. The van der Waals surface area contributed by atoms with Crippen molar-refractivity contribution in [1.29, 1.82) is 0 Å². The van der Waals surface area contributed by atoms with Gasteiger partial charge in [0.15, 0.2) is 0 Å². The van der Waals surface area contributed by atoms with Crippen molar-refractivity contribution >= 4 is 15.7 Å². The van der Waals surface area contributed by atoms with E-state index in [0.29, 0.717) is 26.3 Å². The Balaban J connectivity index is 1.93. The molecular weight excluding hydrogens is 278 g/mol. The molecule has 1 heterocycles. The zero-order valence-corrected chi connectivity index (χ0v) is 12.4. The molecule has 0 radical (unpaired) electrons. The normalized spacial score (nSPS) is 17.2. The van der Waals surface area contributed by atoms with E-state index in [0.717, 1.165) is 18.7 Å². The van der Waals surface area contributed by atoms with E-state index in [1.165, 1.54) is 0 Å². The lowest BCUT2D eigenvalue weighted by molar-refractivity contribution is 0.0390. The molecule has 0 aromatic heterocycles. The quantitative estimate of drug-likeness (QED) is 0.758. The monoisotopic (exact) mass is 299 g/mol. The second kappa shape index (κ2) is 6.53. The highest BCUT2D eigenvalue weighted by atomic mass is 32.2. The van der Waals surface area contributed by atoms with Gasteiger partial charge in [0, 0.05) is 26.2 Å². The Morgan fingerprint density at radius 1 is 1.35 bits per heavy atom. The number of ether oxygens (including phenoxy) is 1. The molecule has 1 aromatic carbocycles. The third-order valence-corrected chi connectivity index (χ3v) is 4.81. The zero-order chi connectivity index (χ0) is 14.6. The van der Waals surface area contributed by atoms with Crippen LogP contribution in [-0.4, -0.2) is 52.7 Å². The van der Waals surface area contributed by atoms with Crippen LogP contribution in [0.5, 0.6) is 0 Å². The fourth-order valence-electron chi connectivity index (χ4n) is 2.15. The van der Waals surface area contributed by atoms with Crippen LogP contribution in [0.2, 0.25) is 0 Å². The lowest BCUT2D eigenvalue weighted by Crippen LogP contribution is -2.41. The van der Waals surface area contributed by atoms with Gasteiger partial charge in [0.25, 0.3) is 0 Å². The molecule has 2 rings (SSSR count). The molecule has 1 aromatic rings. The van der Waals surface area contributed by atoms with Crippen LogP contribution in [0.15, 0.2) is 23.1 Å². The molecule has 3 N–H and O–H groups in total. The minimum absolute atomic E-state index is 0.144. The summed E-state index contributed by atoms with van der Waals surface area (Å²) in [5, 5.41) is 0. The summed E-state index contributed by atoms with van der Waals surface area (Å²) in [6.45, 7) is 6.01. The Kier molecular flexibility index (Phi) is 4.98. The average Bonchev–Trinajstić information content (AvgIpc) is 2.39. The first-order chi connectivity index (χ1) is 9.49. The van der Waals surface area contributed by atoms with Gasteiger partial charge in [-0.2, -0.15) is 0 Å². The van der Waals surface area contributed by atoms with Crippen molar-refractivity contribution in [2.75, 3.05) is 45.1 Å². The van der Waals surface area contributed by atoms with Crippen molar-refractivity contribution in [2.45, 2.75) is 11.8 Å². The number of anilines is 1. The van der Waals surface area contributed by atoms with Crippen molar-refractivity contribution < 1.29 is 13.2 Å². The highest BCUT2D eigenvalue weighted by Gasteiger charge is 2.17. The number of benzene rings is 1. The minimum Gasteiger partial charge on any atom is -0.398 e. The predicted molar refractivity (Wildman–Crippen MR) is 78.0 cm³/mol. The summed E-state index contributed by atoms with van der Waals surface area (Å²) in [6, 6.07) is 4.95. The second-order valence-electron chi connectivity index (χ2n) is 4.89. The zero-order valence-electron chi connectivity index (χ0n) is 11.6. The van der Waals surface area contributed by atoms with Crippen LogP contribution in [0.3, 0.4) is 0 Å². The topological polar surface area (TPSA) is 84.7 Å². The first kappa shape index (κ1) is 15.2. The van der Waals surface area contributed by atoms with Crippen LogP contribution in [0.25, 0.3) is 0 Å². The SMILES string of the molecule is Cc1ccc(S(=O)(=O)NCCN2CCOCC2)c(N)c1. The summed E-state index contributed by atoms with van der Waals surface area (Å²) in [6.07, 6.45) is 0. The first-order valence-corrected chi connectivity index (χ1v) is 8.13. The summed E-state index contributed by atoms with van der Waals surface area (Å²) in [4.78, 5) is 2.31. The van der Waals surface area contributed by atoms with E-state index in [-0.39, 0.29) is 10.6 Å². The molecule has 6 nitrogen and oxygen atoms in total. The molecule has 0 saturated carbocycles. The molecule has 1 aliphatic heterocycles. The minimum atomic E-state index is -3.54. The maximum atomic E-state index is 12.2. The Morgan fingerprint density at radius 2 is 2.05 bits per heavy atom. The van der Waals surface area contributed by atoms with Crippen LogP contribution < -0.4 is 10.5 Å². The molecule has 1 aliphatic rings. The van der Waals surface area contributed by atoms with E-state index < -0.39 is 10.0 Å². The van der Waals surface area contributed by atoms with Gasteiger partial charge in [0.05, 0.1) is 18.9 Å². The average molecular weight is 299 g/mol. The van der Waals surface area contributed by atoms with E-state index in [2.05, 4.69) is 9.62 Å². The molecular formula is C13H21N3O3S. The lowest BCUT2D eigenvalue weighted by Gasteiger charge is -2.26. The van der Waals surface area contributed by atoms with Gasteiger partial charge in [-0.15, -0.1) is 0 Å². The van der Waals surface area contributed by atoms with Crippen molar-refractivity contribution in [3.8, 4) is 0 Å². The van der Waals surface area contributed by atoms with Gasteiger partial charge in [0.1, 0.15) is 4.90 Å². The summed E-state index contributed by atoms with van der Waals surface area (Å²) < 4.78 is 32.2. The summed E-state index contributed by atoms with van der Waals surface area (Å²) in [5.74, 6) is 0. The second-order valence-corrected chi connectivity index (χ2v) is 6.63. The molecule has 1 saturated heterocycles. The molecule has 0 spiro atoms. The van der Waals surface area contributed by atoms with Crippen LogP contribution >= 0.6 is 0 Å². The number of hydrogen-bond donors (Lipinski definition) is 2. The maximum absolute atomic E-state index is 12.2.